The standard InChI is InChI=1S/C12H15BrClN/c1-9(2)15-7-3-4-10-5-6-11(13)12(14)8-10/h3-6,8-9,15H,7H2,1-2H3/b4-3+. The lowest BCUT2D eigenvalue weighted by Crippen LogP contribution is -2.22. The van der Waals surface area contributed by atoms with Gasteiger partial charge in [-0.2, -0.15) is 0 Å². The molecule has 0 bridgehead atoms. The fourth-order valence-corrected chi connectivity index (χ4v) is 1.55. The van der Waals surface area contributed by atoms with Crippen LogP contribution in [0.15, 0.2) is 28.7 Å². The van der Waals surface area contributed by atoms with Crippen LogP contribution >= 0.6 is 27.5 Å². The van der Waals surface area contributed by atoms with Crippen LogP contribution in [0.4, 0.5) is 0 Å². The molecule has 1 aromatic carbocycles. The fraction of sp³-hybridized carbons (Fsp3) is 0.333. The lowest BCUT2D eigenvalue weighted by Gasteiger charge is -2.03. The molecule has 3 heteroatoms. The quantitative estimate of drug-likeness (QED) is 0.879. The molecule has 0 atom stereocenters. The Hall–Kier alpha value is -0.310. The number of halogens is 2. The molecular formula is C12H15BrClN. The first kappa shape index (κ1) is 12.8. The van der Waals surface area contributed by atoms with Crippen LogP contribution in [0.2, 0.25) is 5.02 Å². The van der Waals surface area contributed by atoms with E-state index in [0.717, 1.165) is 21.6 Å². The monoisotopic (exact) mass is 287 g/mol. The number of hydrogen-bond donors (Lipinski definition) is 1. The summed E-state index contributed by atoms with van der Waals surface area (Å²) in [6, 6.07) is 6.44. The van der Waals surface area contributed by atoms with Gasteiger partial charge < -0.3 is 5.32 Å². The Labute approximate surface area is 105 Å². The summed E-state index contributed by atoms with van der Waals surface area (Å²) in [7, 11) is 0. The van der Waals surface area contributed by atoms with E-state index in [-0.39, 0.29) is 0 Å². The van der Waals surface area contributed by atoms with Crippen LogP contribution in [-0.4, -0.2) is 12.6 Å². The third-order valence-electron chi connectivity index (χ3n) is 1.90. The van der Waals surface area contributed by atoms with E-state index in [9.17, 15) is 0 Å². The molecule has 1 aromatic rings. The lowest BCUT2D eigenvalue weighted by atomic mass is 10.2. The molecule has 82 valence electrons. The van der Waals surface area contributed by atoms with Crippen LogP contribution in [0.1, 0.15) is 19.4 Å². The van der Waals surface area contributed by atoms with Gasteiger partial charge in [0.05, 0.1) is 5.02 Å². The third-order valence-corrected chi connectivity index (χ3v) is 3.13. The van der Waals surface area contributed by atoms with Gasteiger partial charge in [-0.3, -0.25) is 0 Å². The van der Waals surface area contributed by atoms with Gasteiger partial charge in [0, 0.05) is 17.1 Å². The first-order valence-corrected chi connectivity index (χ1v) is 6.11. The van der Waals surface area contributed by atoms with Crippen molar-refractivity contribution < 1.29 is 0 Å². The molecule has 0 saturated carbocycles. The van der Waals surface area contributed by atoms with E-state index in [2.05, 4.69) is 47.2 Å². The summed E-state index contributed by atoms with van der Waals surface area (Å²) in [6.07, 6.45) is 4.16. The molecule has 0 aliphatic carbocycles. The van der Waals surface area contributed by atoms with Gasteiger partial charge in [0.25, 0.3) is 0 Å². The minimum absolute atomic E-state index is 0.517. The van der Waals surface area contributed by atoms with Crippen LogP contribution in [0.3, 0.4) is 0 Å². The van der Waals surface area contributed by atoms with Gasteiger partial charge in [0.2, 0.25) is 0 Å². The van der Waals surface area contributed by atoms with Crippen LogP contribution in [0.5, 0.6) is 0 Å². The van der Waals surface area contributed by atoms with Crippen molar-refractivity contribution in [3.8, 4) is 0 Å². The Bertz CT molecular complexity index is 347. The molecule has 0 heterocycles. The second kappa shape index (κ2) is 6.31. The minimum atomic E-state index is 0.517. The van der Waals surface area contributed by atoms with Gasteiger partial charge in [0.15, 0.2) is 0 Å². The molecule has 0 unspecified atom stereocenters. The van der Waals surface area contributed by atoms with Crippen LogP contribution < -0.4 is 5.32 Å². The van der Waals surface area contributed by atoms with E-state index < -0.39 is 0 Å². The smallest absolute Gasteiger partial charge is 0.0554 e. The molecule has 0 spiro atoms. The highest BCUT2D eigenvalue weighted by atomic mass is 79.9. The normalized spacial score (nSPS) is 11.5. The Kier molecular flexibility index (Phi) is 5.37. The summed E-state index contributed by atoms with van der Waals surface area (Å²) in [6.45, 7) is 5.14. The Morgan fingerprint density at radius 1 is 1.47 bits per heavy atom. The zero-order valence-corrected chi connectivity index (χ0v) is 11.3. The molecule has 1 nitrogen and oxygen atoms in total. The summed E-state index contributed by atoms with van der Waals surface area (Å²) < 4.78 is 0.932. The highest BCUT2D eigenvalue weighted by molar-refractivity contribution is 9.10. The Morgan fingerprint density at radius 3 is 2.80 bits per heavy atom. The summed E-state index contributed by atoms with van der Waals surface area (Å²) in [5, 5.41) is 4.06. The highest BCUT2D eigenvalue weighted by Gasteiger charge is 1.95. The largest absolute Gasteiger partial charge is 0.311 e. The molecule has 0 saturated heterocycles. The van der Waals surface area contributed by atoms with Crippen LogP contribution in [0.25, 0.3) is 6.08 Å². The van der Waals surface area contributed by atoms with Crippen LogP contribution in [0, 0.1) is 0 Å². The van der Waals surface area contributed by atoms with Crippen molar-refractivity contribution >= 4 is 33.6 Å². The Morgan fingerprint density at radius 2 is 2.20 bits per heavy atom. The van der Waals surface area contributed by atoms with E-state index in [1.54, 1.807) is 0 Å². The number of benzene rings is 1. The van der Waals surface area contributed by atoms with Crippen molar-refractivity contribution in [3.63, 3.8) is 0 Å². The van der Waals surface area contributed by atoms with Crippen molar-refractivity contribution in [3.05, 3.63) is 39.3 Å². The SMILES string of the molecule is CC(C)NC/C=C/c1ccc(Br)c(Cl)c1. The summed E-state index contributed by atoms with van der Waals surface area (Å²) in [5.41, 5.74) is 1.12. The van der Waals surface area contributed by atoms with Gasteiger partial charge in [-0.15, -0.1) is 0 Å². The lowest BCUT2D eigenvalue weighted by molar-refractivity contribution is 0.633. The van der Waals surface area contributed by atoms with Crippen molar-refractivity contribution in [1.29, 1.82) is 0 Å². The van der Waals surface area contributed by atoms with E-state index >= 15 is 0 Å². The van der Waals surface area contributed by atoms with E-state index in [1.165, 1.54) is 0 Å². The van der Waals surface area contributed by atoms with Crippen molar-refractivity contribution in [2.24, 2.45) is 0 Å². The zero-order valence-electron chi connectivity index (χ0n) is 8.93. The van der Waals surface area contributed by atoms with E-state index in [4.69, 9.17) is 11.6 Å². The van der Waals surface area contributed by atoms with E-state index in [1.807, 2.05) is 18.2 Å². The van der Waals surface area contributed by atoms with Crippen LogP contribution in [-0.2, 0) is 0 Å². The maximum absolute atomic E-state index is 5.98. The predicted molar refractivity (Wildman–Crippen MR) is 71.3 cm³/mol. The topological polar surface area (TPSA) is 12.0 Å². The minimum Gasteiger partial charge on any atom is -0.311 e. The second-order valence-corrected chi connectivity index (χ2v) is 4.90. The Balaban J connectivity index is 2.53. The average Bonchev–Trinajstić information content (AvgIpc) is 2.18. The van der Waals surface area contributed by atoms with Gasteiger partial charge >= 0.3 is 0 Å². The zero-order chi connectivity index (χ0) is 11.3. The average molecular weight is 289 g/mol. The predicted octanol–water partition coefficient (Wildman–Crippen LogP) is 4.11. The maximum atomic E-state index is 5.98. The maximum Gasteiger partial charge on any atom is 0.0554 e. The molecule has 0 radical (unpaired) electrons. The van der Waals surface area contributed by atoms with Crippen molar-refractivity contribution in [2.45, 2.75) is 19.9 Å². The van der Waals surface area contributed by atoms with Crippen molar-refractivity contribution in [2.75, 3.05) is 6.54 Å². The molecule has 0 aliphatic heterocycles. The fourth-order valence-electron chi connectivity index (χ4n) is 1.11. The third kappa shape index (κ3) is 4.83. The molecule has 0 amide bonds. The van der Waals surface area contributed by atoms with Gasteiger partial charge in [-0.1, -0.05) is 43.7 Å². The van der Waals surface area contributed by atoms with Gasteiger partial charge in [-0.25, -0.2) is 0 Å². The number of rotatable bonds is 4. The molecular weight excluding hydrogens is 273 g/mol. The first-order valence-electron chi connectivity index (χ1n) is 4.94. The first-order chi connectivity index (χ1) is 7.09. The highest BCUT2D eigenvalue weighted by Crippen LogP contribution is 2.23. The summed E-state index contributed by atoms with van der Waals surface area (Å²) in [4.78, 5) is 0. The van der Waals surface area contributed by atoms with Gasteiger partial charge in [-0.05, 0) is 33.6 Å². The molecule has 0 aromatic heterocycles. The summed E-state index contributed by atoms with van der Waals surface area (Å²) in [5.74, 6) is 0. The van der Waals surface area contributed by atoms with Gasteiger partial charge in [0.1, 0.15) is 0 Å². The second-order valence-electron chi connectivity index (χ2n) is 3.64. The summed E-state index contributed by atoms with van der Waals surface area (Å²) >= 11 is 9.34. The van der Waals surface area contributed by atoms with Crippen molar-refractivity contribution in [1.82, 2.24) is 5.32 Å². The number of hydrogen-bond acceptors (Lipinski definition) is 1. The molecule has 0 aliphatic rings. The van der Waals surface area contributed by atoms with E-state index in [0.29, 0.717) is 6.04 Å². The molecule has 1 rings (SSSR count). The molecule has 1 N–H and O–H groups in total. The molecule has 0 fully saturated rings. The molecule has 15 heavy (non-hydrogen) atoms. The number of nitrogens with one attached hydrogen (secondary N) is 1.